The van der Waals surface area contributed by atoms with Gasteiger partial charge in [0.05, 0.1) is 5.84 Å². The Balaban J connectivity index is 2.00. The van der Waals surface area contributed by atoms with E-state index < -0.39 is 0 Å². The third-order valence-corrected chi connectivity index (χ3v) is 3.09. The Morgan fingerprint density at radius 2 is 1.90 bits per heavy atom. The van der Waals surface area contributed by atoms with Gasteiger partial charge < -0.3 is 10.5 Å². The number of hydrogen-bond acceptors (Lipinski definition) is 2. The van der Waals surface area contributed by atoms with Crippen LogP contribution < -0.4 is 10.5 Å². The zero-order valence-electron chi connectivity index (χ0n) is 10.7. The molecule has 0 aromatic heterocycles. The monoisotopic (exact) mass is 292 g/mol. The molecular weight excluding hydrogens is 279 g/mol. The molecule has 0 bridgehead atoms. The average molecular weight is 293 g/mol. The van der Waals surface area contributed by atoms with Crippen LogP contribution in [0.15, 0.2) is 42.5 Å². The molecule has 20 heavy (non-hydrogen) atoms. The van der Waals surface area contributed by atoms with Crippen molar-refractivity contribution in [2.45, 2.75) is 13.0 Å². The molecule has 0 saturated carbocycles. The maximum atomic E-state index is 13.1. The van der Waals surface area contributed by atoms with Crippen molar-refractivity contribution in [3.63, 3.8) is 0 Å². The third-order valence-electron chi connectivity index (χ3n) is 2.72. The lowest BCUT2D eigenvalue weighted by Gasteiger charge is -2.08. The number of nitrogens with two attached hydrogens (primary N) is 1. The summed E-state index contributed by atoms with van der Waals surface area (Å²) in [4.78, 5) is 0. The number of halogens is 2. The van der Waals surface area contributed by atoms with Crippen LogP contribution in [-0.2, 0) is 13.0 Å². The molecule has 3 nitrogen and oxygen atoms in total. The van der Waals surface area contributed by atoms with E-state index in [9.17, 15) is 4.39 Å². The topological polar surface area (TPSA) is 59.1 Å². The molecule has 5 heteroatoms. The smallest absolute Gasteiger partial charge is 0.123 e. The number of amidine groups is 1. The second-order valence-corrected chi connectivity index (χ2v) is 4.78. The second kappa shape index (κ2) is 6.39. The molecule has 0 spiro atoms. The standard InChI is InChI=1S/C15H14ClFN2O/c16-14-6-3-12(17)8-11(14)9-20-13-4-1-10(2-5-13)7-15(18)19/h1-6,8H,7,9H2,(H3,18,19). The molecule has 2 aromatic carbocycles. The van der Waals surface area contributed by atoms with E-state index in [1.165, 1.54) is 18.2 Å². The van der Waals surface area contributed by atoms with Crippen LogP contribution in [0.3, 0.4) is 0 Å². The van der Waals surface area contributed by atoms with E-state index in [-0.39, 0.29) is 18.3 Å². The Morgan fingerprint density at radius 3 is 2.55 bits per heavy atom. The van der Waals surface area contributed by atoms with Crippen LogP contribution in [0.25, 0.3) is 0 Å². The summed E-state index contributed by atoms with van der Waals surface area (Å²) in [6.07, 6.45) is 0.413. The highest BCUT2D eigenvalue weighted by molar-refractivity contribution is 6.31. The van der Waals surface area contributed by atoms with Crippen LogP contribution in [0, 0.1) is 11.2 Å². The highest BCUT2D eigenvalue weighted by Gasteiger charge is 2.04. The molecular formula is C15H14ClFN2O. The van der Waals surface area contributed by atoms with E-state index in [1.54, 1.807) is 12.1 Å². The van der Waals surface area contributed by atoms with Gasteiger partial charge in [-0.25, -0.2) is 4.39 Å². The first kappa shape index (κ1) is 14.3. The van der Waals surface area contributed by atoms with Gasteiger partial charge in [-0.3, -0.25) is 5.41 Å². The second-order valence-electron chi connectivity index (χ2n) is 4.37. The zero-order valence-corrected chi connectivity index (χ0v) is 11.5. The van der Waals surface area contributed by atoms with Gasteiger partial charge in [-0.1, -0.05) is 23.7 Å². The summed E-state index contributed by atoms with van der Waals surface area (Å²) in [5, 5.41) is 7.69. The van der Waals surface area contributed by atoms with Crippen LogP contribution in [0.2, 0.25) is 5.02 Å². The summed E-state index contributed by atoms with van der Waals surface area (Å²) in [7, 11) is 0. The molecule has 2 aromatic rings. The van der Waals surface area contributed by atoms with Crippen LogP contribution >= 0.6 is 11.6 Å². The summed E-state index contributed by atoms with van der Waals surface area (Å²) >= 11 is 5.96. The largest absolute Gasteiger partial charge is 0.489 e. The van der Waals surface area contributed by atoms with Crippen molar-refractivity contribution in [1.82, 2.24) is 0 Å². The highest BCUT2D eigenvalue weighted by atomic mass is 35.5. The number of hydrogen-bond donors (Lipinski definition) is 2. The summed E-state index contributed by atoms with van der Waals surface area (Å²) < 4.78 is 18.7. The lowest BCUT2D eigenvalue weighted by atomic mass is 10.1. The number of ether oxygens (including phenoxy) is 1. The van der Waals surface area contributed by atoms with Crippen molar-refractivity contribution >= 4 is 17.4 Å². The normalized spacial score (nSPS) is 10.3. The quantitative estimate of drug-likeness (QED) is 0.654. The SMILES string of the molecule is N=C(N)Cc1ccc(OCc2cc(F)ccc2Cl)cc1. The van der Waals surface area contributed by atoms with Gasteiger partial charge in [0.25, 0.3) is 0 Å². The molecule has 3 N–H and O–H groups in total. The Labute approximate surface area is 121 Å². The Kier molecular flexibility index (Phi) is 4.58. The van der Waals surface area contributed by atoms with Crippen molar-refractivity contribution in [1.29, 1.82) is 5.41 Å². The fourth-order valence-electron chi connectivity index (χ4n) is 1.74. The molecule has 0 atom stereocenters. The summed E-state index contributed by atoms with van der Waals surface area (Å²) in [6, 6.07) is 11.4. The van der Waals surface area contributed by atoms with Crippen molar-refractivity contribution in [3.8, 4) is 5.75 Å². The minimum Gasteiger partial charge on any atom is -0.489 e. The Morgan fingerprint density at radius 1 is 1.20 bits per heavy atom. The molecule has 0 saturated heterocycles. The van der Waals surface area contributed by atoms with Gasteiger partial charge in [0.1, 0.15) is 18.2 Å². The fourth-order valence-corrected chi connectivity index (χ4v) is 1.91. The molecule has 0 aliphatic carbocycles. The highest BCUT2D eigenvalue weighted by Crippen LogP contribution is 2.20. The van der Waals surface area contributed by atoms with Crippen molar-refractivity contribution in [2.75, 3.05) is 0 Å². The third kappa shape index (κ3) is 3.96. The molecule has 0 heterocycles. The van der Waals surface area contributed by atoms with Gasteiger partial charge in [-0.05, 0) is 35.9 Å². The molecule has 0 fully saturated rings. The van der Waals surface area contributed by atoms with E-state index in [0.29, 0.717) is 22.8 Å². The lowest BCUT2D eigenvalue weighted by molar-refractivity contribution is 0.305. The summed E-state index contributed by atoms with van der Waals surface area (Å²) in [5.41, 5.74) is 6.87. The Hall–Kier alpha value is -2.07. The van der Waals surface area contributed by atoms with Crippen molar-refractivity contribution in [2.24, 2.45) is 5.73 Å². The van der Waals surface area contributed by atoms with Gasteiger partial charge in [0, 0.05) is 17.0 Å². The van der Waals surface area contributed by atoms with Crippen LogP contribution in [-0.4, -0.2) is 5.84 Å². The average Bonchev–Trinajstić information content (AvgIpc) is 2.41. The molecule has 0 radical (unpaired) electrons. The van der Waals surface area contributed by atoms with Crippen LogP contribution in [0.4, 0.5) is 4.39 Å². The van der Waals surface area contributed by atoms with Gasteiger partial charge in [-0.2, -0.15) is 0 Å². The van der Waals surface area contributed by atoms with Gasteiger partial charge >= 0.3 is 0 Å². The number of nitrogens with one attached hydrogen (secondary N) is 1. The van der Waals surface area contributed by atoms with E-state index in [4.69, 9.17) is 27.5 Å². The van der Waals surface area contributed by atoms with Crippen LogP contribution in [0.1, 0.15) is 11.1 Å². The first-order chi connectivity index (χ1) is 9.54. The number of benzene rings is 2. The van der Waals surface area contributed by atoms with Gasteiger partial charge in [-0.15, -0.1) is 0 Å². The molecule has 0 aliphatic rings. The molecule has 104 valence electrons. The van der Waals surface area contributed by atoms with Gasteiger partial charge in [0.2, 0.25) is 0 Å². The predicted molar refractivity (Wildman–Crippen MR) is 77.8 cm³/mol. The van der Waals surface area contributed by atoms with Crippen LogP contribution in [0.5, 0.6) is 5.75 Å². The molecule has 0 unspecified atom stereocenters. The zero-order chi connectivity index (χ0) is 14.5. The summed E-state index contributed by atoms with van der Waals surface area (Å²) in [5.74, 6) is 0.424. The van der Waals surface area contributed by atoms with E-state index >= 15 is 0 Å². The minimum absolute atomic E-state index is 0.116. The fraction of sp³-hybridized carbons (Fsp3) is 0.133. The minimum atomic E-state index is -0.343. The summed E-state index contributed by atoms with van der Waals surface area (Å²) in [6.45, 7) is 0.197. The first-order valence-electron chi connectivity index (χ1n) is 6.03. The van der Waals surface area contributed by atoms with E-state index in [2.05, 4.69) is 0 Å². The maximum Gasteiger partial charge on any atom is 0.123 e. The van der Waals surface area contributed by atoms with E-state index in [0.717, 1.165) is 5.56 Å². The molecule has 0 aliphatic heterocycles. The van der Waals surface area contributed by atoms with Gasteiger partial charge in [0.15, 0.2) is 0 Å². The number of rotatable bonds is 5. The Bertz CT molecular complexity index is 614. The predicted octanol–water partition coefficient (Wildman–Crippen LogP) is 3.54. The molecule has 2 rings (SSSR count). The lowest BCUT2D eigenvalue weighted by Crippen LogP contribution is -2.12. The molecule has 0 amide bonds. The van der Waals surface area contributed by atoms with E-state index in [1.807, 2.05) is 12.1 Å². The van der Waals surface area contributed by atoms with Crippen molar-refractivity contribution in [3.05, 3.63) is 64.4 Å². The maximum absolute atomic E-state index is 13.1. The first-order valence-corrected chi connectivity index (χ1v) is 6.41. The van der Waals surface area contributed by atoms with Crippen molar-refractivity contribution < 1.29 is 9.13 Å².